The van der Waals surface area contributed by atoms with Crippen LogP contribution in [-0.4, -0.2) is 32.6 Å². The van der Waals surface area contributed by atoms with E-state index in [0.717, 1.165) is 22.2 Å². The first-order valence-electron chi connectivity index (χ1n) is 7.23. The van der Waals surface area contributed by atoms with E-state index < -0.39 is 0 Å². The van der Waals surface area contributed by atoms with Gasteiger partial charge in [0, 0.05) is 29.6 Å². The van der Waals surface area contributed by atoms with Gasteiger partial charge in [0.15, 0.2) is 0 Å². The largest absolute Gasteiger partial charge is 0.367 e. The van der Waals surface area contributed by atoms with E-state index in [4.69, 9.17) is 5.73 Å². The maximum absolute atomic E-state index is 13.4. The average molecular weight is 316 g/mol. The molecule has 2 aromatic heterocycles. The minimum atomic E-state index is -0.318. The molecule has 120 valence electrons. The predicted octanol–water partition coefficient (Wildman–Crippen LogP) is 1.22. The number of fused-ring (bicyclic) bond motifs is 1. The lowest BCUT2D eigenvalue weighted by atomic mass is 10.1. The predicted molar refractivity (Wildman–Crippen MR) is 84.2 cm³/mol. The van der Waals surface area contributed by atoms with Crippen LogP contribution in [0.4, 0.5) is 10.3 Å². The van der Waals surface area contributed by atoms with Gasteiger partial charge in [-0.25, -0.2) is 4.39 Å². The Balaban J connectivity index is 1.63. The number of nitrogens with one attached hydrogen (secondary N) is 3. The van der Waals surface area contributed by atoms with Gasteiger partial charge in [0.1, 0.15) is 11.6 Å². The van der Waals surface area contributed by atoms with Gasteiger partial charge in [-0.1, -0.05) is 0 Å². The third-order valence-electron chi connectivity index (χ3n) is 3.65. The molecule has 1 amide bonds. The number of nitrogens with two attached hydrogens (primary N) is 1. The standard InChI is InChI=1S/C15H17FN6O/c1-8-10(11-6-9(16)2-3-12(11)19-8)7-14(23)18-5-4-13-20-15(17)22-21-13/h2-3,6,19H,4-5,7H2,1H3,(H,18,23)(H3,17,20,21,22). The van der Waals surface area contributed by atoms with Crippen molar-refractivity contribution in [2.45, 2.75) is 19.8 Å². The van der Waals surface area contributed by atoms with Crippen LogP contribution in [0, 0.1) is 12.7 Å². The summed E-state index contributed by atoms with van der Waals surface area (Å²) in [5.41, 5.74) is 7.90. The van der Waals surface area contributed by atoms with Gasteiger partial charge in [-0.05, 0) is 30.7 Å². The molecule has 0 saturated heterocycles. The Labute approximate surface area is 131 Å². The Morgan fingerprint density at radius 2 is 2.26 bits per heavy atom. The molecule has 2 heterocycles. The quantitative estimate of drug-likeness (QED) is 0.567. The molecule has 3 aromatic rings. The normalized spacial score (nSPS) is 11.0. The first-order chi connectivity index (χ1) is 11.0. The minimum absolute atomic E-state index is 0.134. The average Bonchev–Trinajstić information content (AvgIpc) is 3.04. The van der Waals surface area contributed by atoms with Crippen LogP contribution in [-0.2, 0) is 17.6 Å². The number of aromatic amines is 2. The number of hydrogen-bond donors (Lipinski definition) is 4. The number of nitrogens with zero attached hydrogens (tertiary/aromatic N) is 2. The van der Waals surface area contributed by atoms with Crippen molar-refractivity contribution in [2.24, 2.45) is 0 Å². The summed E-state index contributed by atoms with van der Waals surface area (Å²) >= 11 is 0. The fourth-order valence-electron chi connectivity index (χ4n) is 2.55. The lowest BCUT2D eigenvalue weighted by Gasteiger charge is -2.04. The summed E-state index contributed by atoms with van der Waals surface area (Å²) in [7, 11) is 0. The van der Waals surface area contributed by atoms with Gasteiger partial charge >= 0.3 is 0 Å². The van der Waals surface area contributed by atoms with Crippen LogP contribution in [0.15, 0.2) is 18.2 Å². The van der Waals surface area contributed by atoms with Gasteiger partial charge in [0.05, 0.1) is 6.42 Å². The fourth-order valence-corrected chi connectivity index (χ4v) is 2.55. The zero-order valence-corrected chi connectivity index (χ0v) is 12.6. The second-order valence-electron chi connectivity index (χ2n) is 5.34. The lowest BCUT2D eigenvalue weighted by molar-refractivity contribution is -0.120. The number of aryl methyl sites for hydroxylation is 1. The molecule has 3 rings (SSSR count). The molecule has 0 aliphatic rings. The van der Waals surface area contributed by atoms with Crippen molar-refractivity contribution in [3.8, 4) is 0 Å². The monoisotopic (exact) mass is 316 g/mol. The number of rotatable bonds is 5. The smallest absolute Gasteiger partial charge is 0.239 e. The Hall–Kier alpha value is -2.90. The summed E-state index contributed by atoms with van der Waals surface area (Å²) in [5.74, 6) is 0.350. The Kier molecular flexibility index (Phi) is 3.96. The van der Waals surface area contributed by atoms with Crippen LogP contribution >= 0.6 is 0 Å². The summed E-state index contributed by atoms with van der Waals surface area (Å²) in [6.07, 6.45) is 0.700. The van der Waals surface area contributed by atoms with Crippen molar-refractivity contribution in [1.82, 2.24) is 25.5 Å². The van der Waals surface area contributed by atoms with E-state index in [0.29, 0.717) is 18.8 Å². The van der Waals surface area contributed by atoms with E-state index in [1.165, 1.54) is 12.1 Å². The Morgan fingerprint density at radius 3 is 3.00 bits per heavy atom. The summed E-state index contributed by atoms with van der Waals surface area (Å²) < 4.78 is 13.4. The molecule has 0 atom stereocenters. The molecule has 7 nitrogen and oxygen atoms in total. The summed E-state index contributed by atoms with van der Waals surface area (Å²) in [4.78, 5) is 19.2. The molecule has 8 heteroatoms. The molecule has 0 spiro atoms. The Bertz CT molecular complexity index is 853. The van der Waals surface area contributed by atoms with Crippen LogP contribution in [0.1, 0.15) is 17.1 Å². The number of nitrogen functional groups attached to an aromatic ring is 1. The van der Waals surface area contributed by atoms with E-state index in [2.05, 4.69) is 25.5 Å². The van der Waals surface area contributed by atoms with Crippen molar-refractivity contribution in [2.75, 3.05) is 12.3 Å². The van der Waals surface area contributed by atoms with E-state index in [-0.39, 0.29) is 24.1 Å². The number of H-pyrrole nitrogens is 2. The van der Waals surface area contributed by atoms with Gasteiger partial charge < -0.3 is 16.0 Å². The van der Waals surface area contributed by atoms with Crippen LogP contribution in [0.3, 0.4) is 0 Å². The molecule has 1 aromatic carbocycles. The number of carbonyl (C=O) groups excluding carboxylic acids is 1. The molecule has 5 N–H and O–H groups in total. The third kappa shape index (κ3) is 3.31. The number of amides is 1. The zero-order chi connectivity index (χ0) is 16.4. The minimum Gasteiger partial charge on any atom is -0.367 e. The maximum atomic E-state index is 13.4. The van der Waals surface area contributed by atoms with E-state index in [1.54, 1.807) is 6.07 Å². The molecular weight excluding hydrogens is 299 g/mol. The van der Waals surface area contributed by atoms with Gasteiger partial charge in [0.2, 0.25) is 11.9 Å². The van der Waals surface area contributed by atoms with Crippen LogP contribution in [0.25, 0.3) is 10.9 Å². The number of anilines is 1. The second kappa shape index (κ2) is 6.07. The molecule has 0 saturated carbocycles. The molecule has 0 radical (unpaired) electrons. The number of aromatic nitrogens is 4. The number of hydrogen-bond acceptors (Lipinski definition) is 4. The molecule has 0 fully saturated rings. The van der Waals surface area contributed by atoms with Gasteiger partial charge in [-0.2, -0.15) is 4.98 Å². The van der Waals surface area contributed by atoms with Crippen LogP contribution < -0.4 is 11.1 Å². The van der Waals surface area contributed by atoms with Gasteiger partial charge in [-0.15, -0.1) is 5.10 Å². The van der Waals surface area contributed by atoms with Crippen molar-refractivity contribution in [3.63, 3.8) is 0 Å². The van der Waals surface area contributed by atoms with Gasteiger partial charge in [0.25, 0.3) is 0 Å². The fraction of sp³-hybridized carbons (Fsp3) is 0.267. The Morgan fingerprint density at radius 1 is 1.43 bits per heavy atom. The number of benzene rings is 1. The summed E-state index contributed by atoms with van der Waals surface area (Å²) in [6.45, 7) is 2.29. The summed E-state index contributed by atoms with van der Waals surface area (Å²) in [6, 6.07) is 4.51. The van der Waals surface area contributed by atoms with Crippen molar-refractivity contribution in [1.29, 1.82) is 0 Å². The summed E-state index contributed by atoms with van der Waals surface area (Å²) in [5, 5.41) is 9.95. The van der Waals surface area contributed by atoms with E-state index in [9.17, 15) is 9.18 Å². The third-order valence-corrected chi connectivity index (χ3v) is 3.65. The highest BCUT2D eigenvalue weighted by atomic mass is 19.1. The molecule has 0 aliphatic carbocycles. The molecule has 0 bridgehead atoms. The van der Waals surface area contributed by atoms with Crippen LogP contribution in [0.2, 0.25) is 0 Å². The first-order valence-corrected chi connectivity index (χ1v) is 7.23. The lowest BCUT2D eigenvalue weighted by Crippen LogP contribution is -2.27. The van der Waals surface area contributed by atoms with E-state index >= 15 is 0 Å². The topological polar surface area (TPSA) is 112 Å². The second-order valence-corrected chi connectivity index (χ2v) is 5.34. The van der Waals surface area contributed by atoms with Gasteiger partial charge in [-0.3, -0.25) is 9.89 Å². The first kappa shape index (κ1) is 15.0. The van der Waals surface area contributed by atoms with Crippen molar-refractivity contribution in [3.05, 3.63) is 41.1 Å². The number of carbonyl (C=O) groups is 1. The highest BCUT2D eigenvalue weighted by Gasteiger charge is 2.13. The number of halogens is 1. The molecule has 23 heavy (non-hydrogen) atoms. The zero-order valence-electron chi connectivity index (χ0n) is 12.6. The molecular formula is C15H17FN6O. The van der Waals surface area contributed by atoms with Crippen molar-refractivity contribution >= 4 is 22.8 Å². The highest BCUT2D eigenvalue weighted by Crippen LogP contribution is 2.23. The van der Waals surface area contributed by atoms with E-state index in [1.807, 2.05) is 6.92 Å². The van der Waals surface area contributed by atoms with Crippen molar-refractivity contribution < 1.29 is 9.18 Å². The molecule has 0 unspecified atom stereocenters. The molecule has 0 aliphatic heterocycles. The van der Waals surface area contributed by atoms with Crippen LogP contribution in [0.5, 0.6) is 0 Å². The SMILES string of the molecule is Cc1[nH]c2ccc(F)cc2c1CC(=O)NCCc1nc(N)n[nH]1. The maximum Gasteiger partial charge on any atom is 0.239 e. The highest BCUT2D eigenvalue weighted by molar-refractivity contribution is 5.90.